The third-order valence-corrected chi connectivity index (χ3v) is 2.82. The largest absolute Gasteiger partial charge is 0.494 e. The first-order valence-corrected chi connectivity index (χ1v) is 8.04. The summed E-state index contributed by atoms with van der Waals surface area (Å²) >= 11 is 0. The van der Waals surface area contributed by atoms with Crippen molar-refractivity contribution in [2.45, 2.75) is 33.3 Å². The molecule has 0 aliphatic rings. The van der Waals surface area contributed by atoms with E-state index in [1.807, 2.05) is 32.9 Å². The monoisotopic (exact) mass is 324 g/mol. The number of aliphatic hydroxyl groups is 1. The Kier molecular flexibility index (Phi) is 9.09. The SMILES string of the molecule is CCCOc1cccc(NC(=O)NCC(O)COCC(C)C)c1. The third kappa shape index (κ3) is 9.05. The Balaban J connectivity index is 2.30. The molecule has 1 aromatic rings. The molecule has 1 unspecified atom stereocenters. The van der Waals surface area contributed by atoms with Crippen LogP contribution in [0.25, 0.3) is 0 Å². The first kappa shape index (κ1) is 19.3. The Bertz CT molecular complexity index is 466. The van der Waals surface area contributed by atoms with Crippen LogP contribution in [0, 0.1) is 5.92 Å². The Morgan fingerprint density at radius 3 is 2.78 bits per heavy atom. The van der Waals surface area contributed by atoms with Gasteiger partial charge in [0.2, 0.25) is 0 Å². The van der Waals surface area contributed by atoms with Crippen LogP contribution in [0.2, 0.25) is 0 Å². The minimum atomic E-state index is -0.723. The van der Waals surface area contributed by atoms with Gasteiger partial charge in [0.25, 0.3) is 0 Å². The predicted octanol–water partition coefficient (Wildman–Crippen LogP) is 2.63. The number of carbonyl (C=O) groups is 1. The topological polar surface area (TPSA) is 79.8 Å². The van der Waals surface area contributed by atoms with Gasteiger partial charge in [-0.2, -0.15) is 0 Å². The van der Waals surface area contributed by atoms with Gasteiger partial charge in [0.15, 0.2) is 0 Å². The van der Waals surface area contributed by atoms with E-state index in [9.17, 15) is 9.90 Å². The molecule has 0 spiro atoms. The van der Waals surface area contributed by atoms with Gasteiger partial charge in [0, 0.05) is 24.9 Å². The standard InChI is InChI=1S/C17H28N2O4/c1-4-8-23-16-7-5-6-14(9-16)19-17(21)18-10-15(20)12-22-11-13(2)3/h5-7,9,13,15,20H,4,8,10-12H2,1-3H3,(H2,18,19,21). The normalized spacial score (nSPS) is 12.0. The summed E-state index contributed by atoms with van der Waals surface area (Å²) in [5.74, 6) is 1.13. The van der Waals surface area contributed by atoms with Crippen LogP contribution >= 0.6 is 0 Å². The summed E-state index contributed by atoms with van der Waals surface area (Å²) in [7, 11) is 0. The summed E-state index contributed by atoms with van der Waals surface area (Å²) < 4.78 is 10.8. The Morgan fingerprint density at radius 2 is 2.09 bits per heavy atom. The zero-order valence-corrected chi connectivity index (χ0v) is 14.2. The molecule has 1 atom stereocenters. The molecule has 0 aliphatic heterocycles. The molecule has 0 fully saturated rings. The smallest absolute Gasteiger partial charge is 0.319 e. The molecule has 0 aliphatic carbocycles. The maximum atomic E-state index is 11.8. The average molecular weight is 324 g/mol. The van der Waals surface area contributed by atoms with Crippen molar-refractivity contribution in [3.8, 4) is 5.75 Å². The van der Waals surface area contributed by atoms with Gasteiger partial charge in [0.05, 0.1) is 19.3 Å². The summed E-state index contributed by atoms with van der Waals surface area (Å²) in [4.78, 5) is 11.8. The zero-order chi connectivity index (χ0) is 17.1. The van der Waals surface area contributed by atoms with E-state index in [0.717, 1.165) is 6.42 Å². The van der Waals surface area contributed by atoms with Crippen molar-refractivity contribution in [1.82, 2.24) is 5.32 Å². The van der Waals surface area contributed by atoms with E-state index >= 15 is 0 Å². The number of urea groups is 1. The Hall–Kier alpha value is -1.79. The van der Waals surface area contributed by atoms with E-state index < -0.39 is 6.10 Å². The molecule has 0 bridgehead atoms. The van der Waals surface area contributed by atoms with E-state index in [1.54, 1.807) is 12.1 Å². The zero-order valence-electron chi connectivity index (χ0n) is 14.2. The molecule has 2 amide bonds. The molecule has 3 N–H and O–H groups in total. The number of carbonyl (C=O) groups excluding carboxylic acids is 1. The summed E-state index contributed by atoms with van der Waals surface area (Å²) in [5, 5.41) is 15.0. The number of nitrogens with one attached hydrogen (secondary N) is 2. The highest BCUT2D eigenvalue weighted by Crippen LogP contribution is 2.17. The minimum Gasteiger partial charge on any atom is -0.494 e. The average Bonchev–Trinajstić information content (AvgIpc) is 2.51. The van der Waals surface area contributed by atoms with Gasteiger partial charge in [-0.15, -0.1) is 0 Å². The van der Waals surface area contributed by atoms with Gasteiger partial charge in [-0.1, -0.05) is 26.8 Å². The maximum Gasteiger partial charge on any atom is 0.319 e. The van der Waals surface area contributed by atoms with Crippen LogP contribution in [0.4, 0.5) is 10.5 Å². The number of amides is 2. The number of hydrogen-bond donors (Lipinski definition) is 3. The van der Waals surface area contributed by atoms with Gasteiger partial charge in [0.1, 0.15) is 5.75 Å². The fourth-order valence-corrected chi connectivity index (χ4v) is 1.77. The summed E-state index contributed by atoms with van der Waals surface area (Å²) in [5.41, 5.74) is 0.640. The second kappa shape index (κ2) is 10.9. The van der Waals surface area contributed by atoms with Crippen molar-refractivity contribution in [2.75, 3.05) is 31.7 Å². The number of benzene rings is 1. The first-order valence-electron chi connectivity index (χ1n) is 8.04. The molecule has 1 aromatic carbocycles. The Morgan fingerprint density at radius 1 is 1.30 bits per heavy atom. The lowest BCUT2D eigenvalue weighted by atomic mass is 10.2. The molecule has 0 saturated carbocycles. The quantitative estimate of drug-likeness (QED) is 0.618. The maximum absolute atomic E-state index is 11.8. The molecular formula is C17H28N2O4. The van der Waals surface area contributed by atoms with E-state index in [0.29, 0.717) is 30.6 Å². The number of ether oxygens (including phenoxy) is 2. The Labute approximate surface area is 138 Å². The van der Waals surface area contributed by atoms with E-state index in [4.69, 9.17) is 9.47 Å². The van der Waals surface area contributed by atoms with Crippen molar-refractivity contribution in [3.63, 3.8) is 0 Å². The third-order valence-electron chi connectivity index (χ3n) is 2.82. The number of rotatable bonds is 10. The fourth-order valence-electron chi connectivity index (χ4n) is 1.77. The molecular weight excluding hydrogens is 296 g/mol. The highest BCUT2D eigenvalue weighted by Gasteiger charge is 2.08. The van der Waals surface area contributed by atoms with E-state index in [2.05, 4.69) is 10.6 Å². The van der Waals surface area contributed by atoms with E-state index in [-0.39, 0.29) is 19.2 Å². The lowest BCUT2D eigenvalue weighted by molar-refractivity contribution is 0.0274. The number of aliphatic hydroxyl groups excluding tert-OH is 1. The van der Waals surface area contributed by atoms with Crippen LogP contribution in [-0.2, 0) is 4.74 Å². The van der Waals surface area contributed by atoms with Crippen LogP contribution in [0.5, 0.6) is 5.75 Å². The molecule has 0 heterocycles. The highest BCUT2D eigenvalue weighted by molar-refractivity contribution is 5.89. The molecule has 0 saturated heterocycles. The molecule has 130 valence electrons. The van der Waals surface area contributed by atoms with Gasteiger partial charge in [-0.25, -0.2) is 4.79 Å². The van der Waals surface area contributed by atoms with Crippen LogP contribution in [0.3, 0.4) is 0 Å². The van der Waals surface area contributed by atoms with Crippen molar-refractivity contribution < 1.29 is 19.4 Å². The van der Waals surface area contributed by atoms with Crippen molar-refractivity contribution in [1.29, 1.82) is 0 Å². The van der Waals surface area contributed by atoms with Crippen molar-refractivity contribution in [3.05, 3.63) is 24.3 Å². The van der Waals surface area contributed by atoms with Crippen molar-refractivity contribution >= 4 is 11.7 Å². The number of hydrogen-bond acceptors (Lipinski definition) is 4. The van der Waals surface area contributed by atoms with Gasteiger partial charge >= 0.3 is 6.03 Å². The summed E-state index contributed by atoms with van der Waals surface area (Å²) in [6.45, 7) is 7.68. The molecule has 0 aromatic heterocycles. The lowest BCUT2D eigenvalue weighted by Gasteiger charge is -2.14. The van der Waals surface area contributed by atoms with Gasteiger partial charge < -0.3 is 25.2 Å². The van der Waals surface area contributed by atoms with Gasteiger partial charge in [-0.3, -0.25) is 0 Å². The summed E-state index contributed by atoms with van der Waals surface area (Å²) in [6, 6.07) is 6.82. The van der Waals surface area contributed by atoms with E-state index in [1.165, 1.54) is 0 Å². The molecule has 0 radical (unpaired) electrons. The molecule has 23 heavy (non-hydrogen) atoms. The highest BCUT2D eigenvalue weighted by atomic mass is 16.5. The fraction of sp³-hybridized carbons (Fsp3) is 0.588. The van der Waals surface area contributed by atoms with Crippen LogP contribution in [0.1, 0.15) is 27.2 Å². The van der Waals surface area contributed by atoms with Crippen LogP contribution < -0.4 is 15.4 Å². The second-order valence-corrected chi connectivity index (χ2v) is 5.80. The molecule has 1 rings (SSSR count). The lowest BCUT2D eigenvalue weighted by Crippen LogP contribution is -2.37. The summed E-state index contributed by atoms with van der Waals surface area (Å²) in [6.07, 6.45) is 0.202. The molecule has 6 nitrogen and oxygen atoms in total. The predicted molar refractivity (Wildman–Crippen MR) is 90.9 cm³/mol. The number of anilines is 1. The van der Waals surface area contributed by atoms with Gasteiger partial charge in [-0.05, 0) is 24.5 Å². The van der Waals surface area contributed by atoms with Crippen LogP contribution in [0.15, 0.2) is 24.3 Å². The first-order chi connectivity index (χ1) is 11.0. The minimum absolute atomic E-state index is 0.135. The second-order valence-electron chi connectivity index (χ2n) is 5.80. The van der Waals surface area contributed by atoms with Crippen LogP contribution in [-0.4, -0.2) is 43.6 Å². The molecule has 6 heteroatoms. The van der Waals surface area contributed by atoms with Crippen molar-refractivity contribution in [2.24, 2.45) is 5.92 Å².